The topological polar surface area (TPSA) is 64.4 Å². The van der Waals surface area contributed by atoms with Crippen LogP contribution in [0.5, 0.6) is 5.75 Å². The van der Waals surface area contributed by atoms with E-state index in [1.54, 1.807) is 36.4 Å². The Morgan fingerprint density at radius 3 is 2.65 bits per heavy atom. The molecule has 0 aliphatic heterocycles. The first-order chi connectivity index (χ1) is 15.0. The van der Waals surface area contributed by atoms with Gasteiger partial charge >= 0.3 is 0 Å². The second-order valence-corrected chi connectivity index (χ2v) is 8.07. The number of amides is 1. The summed E-state index contributed by atoms with van der Waals surface area (Å²) in [6, 6.07) is 16.6. The highest BCUT2D eigenvalue weighted by molar-refractivity contribution is 7.10. The van der Waals surface area contributed by atoms with Gasteiger partial charge in [-0.3, -0.25) is 4.79 Å². The first-order valence-corrected chi connectivity index (χ1v) is 10.6. The summed E-state index contributed by atoms with van der Waals surface area (Å²) in [6.45, 7) is 4.00. The zero-order chi connectivity index (χ0) is 21.8. The first kappa shape index (κ1) is 20.8. The first-order valence-electron chi connectivity index (χ1n) is 9.75. The van der Waals surface area contributed by atoms with Crippen molar-refractivity contribution in [2.24, 2.45) is 0 Å². The van der Waals surface area contributed by atoms with Gasteiger partial charge in [-0.05, 0) is 61.2 Å². The van der Waals surface area contributed by atoms with Crippen LogP contribution >= 0.6 is 11.3 Å². The van der Waals surface area contributed by atoms with Gasteiger partial charge in [0.1, 0.15) is 23.9 Å². The molecule has 2 heterocycles. The number of carbonyl (C=O) groups excluding carboxylic acids is 1. The molecule has 7 heteroatoms. The summed E-state index contributed by atoms with van der Waals surface area (Å²) in [5.74, 6) is 0.722. The number of carbonyl (C=O) groups is 1. The van der Waals surface area contributed by atoms with Gasteiger partial charge in [-0.25, -0.2) is 4.39 Å². The predicted molar refractivity (Wildman–Crippen MR) is 117 cm³/mol. The number of rotatable bonds is 7. The lowest BCUT2D eigenvalue weighted by Crippen LogP contribution is -2.28. The number of aryl methyl sites for hydroxylation is 2. The van der Waals surface area contributed by atoms with Crippen molar-refractivity contribution in [1.82, 2.24) is 10.5 Å². The SMILES string of the molecule is Cc1noc(C)c1COc1cccc(C(=O)NC(c2ccc(F)cc2)c2cccs2)c1. The van der Waals surface area contributed by atoms with Crippen LogP contribution in [-0.4, -0.2) is 11.1 Å². The quantitative estimate of drug-likeness (QED) is 0.410. The van der Waals surface area contributed by atoms with Crippen LogP contribution < -0.4 is 10.1 Å². The molecule has 1 amide bonds. The number of ether oxygens (including phenoxy) is 1. The Morgan fingerprint density at radius 2 is 1.97 bits per heavy atom. The van der Waals surface area contributed by atoms with E-state index < -0.39 is 0 Å². The van der Waals surface area contributed by atoms with Crippen LogP contribution in [0.2, 0.25) is 0 Å². The molecule has 5 nitrogen and oxygen atoms in total. The number of hydrogen-bond donors (Lipinski definition) is 1. The van der Waals surface area contributed by atoms with Crippen LogP contribution in [0.3, 0.4) is 0 Å². The van der Waals surface area contributed by atoms with Gasteiger partial charge in [-0.2, -0.15) is 0 Å². The molecule has 0 spiro atoms. The molecule has 1 unspecified atom stereocenters. The Morgan fingerprint density at radius 1 is 1.16 bits per heavy atom. The lowest BCUT2D eigenvalue weighted by atomic mass is 10.0. The molecule has 4 aromatic rings. The molecular formula is C24H21FN2O3S. The molecular weight excluding hydrogens is 415 g/mol. The van der Waals surface area contributed by atoms with Crippen molar-refractivity contribution in [3.05, 3.63) is 105 Å². The summed E-state index contributed by atoms with van der Waals surface area (Å²) in [6.07, 6.45) is 0. The third-order valence-electron chi connectivity index (χ3n) is 4.97. The maximum atomic E-state index is 13.4. The fourth-order valence-corrected chi connectivity index (χ4v) is 4.04. The number of nitrogens with zero attached hydrogens (tertiary/aromatic N) is 1. The number of nitrogens with one attached hydrogen (secondary N) is 1. The van der Waals surface area contributed by atoms with Gasteiger partial charge in [0.05, 0.1) is 17.3 Å². The summed E-state index contributed by atoms with van der Waals surface area (Å²) in [7, 11) is 0. The molecule has 4 rings (SSSR count). The van der Waals surface area contributed by atoms with Crippen molar-refractivity contribution in [3.8, 4) is 5.75 Å². The maximum absolute atomic E-state index is 13.4. The fourth-order valence-electron chi connectivity index (χ4n) is 3.23. The van der Waals surface area contributed by atoms with Crippen molar-refractivity contribution < 1.29 is 18.4 Å². The highest BCUT2D eigenvalue weighted by atomic mass is 32.1. The molecule has 2 aromatic heterocycles. The predicted octanol–water partition coefficient (Wildman–Crippen LogP) is 5.59. The monoisotopic (exact) mass is 436 g/mol. The minimum Gasteiger partial charge on any atom is -0.489 e. The van der Waals surface area contributed by atoms with Crippen LogP contribution in [0.4, 0.5) is 4.39 Å². The Kier molecular flexibility index (Phi) is 6.13. The van der Waals surface area contributed by atoms with Gasteiger partial charge in [-0.1, -0.05) is 29.4 Å². The van der Waals surface area contributed by atoms with Crippen LogP contribution in [0, 0.1) is 19.7 Å². The number of thiophene rings is 1. The van der Waals surface area contributed by atoms with Crippen molar-refractivity contribution >= 4 is 17.2 Å². The van der Waals surface area contributed by atoms with E-state index in [2.05, 4.69) is 10.5 Å². The van der Waals surface area contributed by atoms with E-state index in [1.165, 1.54) is 23.5 Å². The van der Waals surface area contributed by atoms with Crippen molar-refractivity contribution in [2.75, 3.05) is 0 Å². The second kappa shape index (κ2) is 9.14. The Balaban J connectivity index is 1.51. The summed E-state index contributed by atoms with van der Waals surface area (Å²) in [5.41, 5.74) is 2.95. The molecule has 0 bridgehead atoms. The van der Waals surface area contributed by atoms with E-state index >= 15 is 0 Å². The normalized spacial score (nSPS) is 11.8. The molecule has 0 saturated carbocycles. The highest BCUT2D eigenvalue weighted by Gasteiger charge is 2.19. The summed E-state index contributed by atoms with van der Waals surface area (Å²) in [5, 5.41) is 8.92. The number of hydrogen-bond acceptors (Lipinski definition) is 5. The molecule has 2 aromatic carbocycles. The molecule has 0 fully saturated rings. The molecule has 0 saturated heterocycles. The second-order valence-electron chi connectivity index (χ2n) is 7.09. The molecule has 1 atom stereocenters. The van der Waals surface area contributed by atoms with Crippen LogP contribution in [0.1, 0.15) is 43.9 Å². The Labute approximate surface area is 183 Å². The molecule has 0 radical (unpaired) electrons. The molecule has 1 N–H and O–H groups in total. The van der Waals surface area contributed by atoms with Crippen molar-refractivity contribution in [3.63, 3.8) is 0 Å². The highest BCUT2D eigenvalue weighted by Crippen LogP contribution is 2.27. The number of aromatic nitrogens is 1. The lowest BCUT2D eigenvalue weighted by Gasteiger charge is -2.18. The fraction of sp³-hybridized carbons (Fsp3) is 0.167. The zero-order valence-electron chi connectivity index (χ0n) is 17.1. The van der Waals surface area contributed by atoms with Gasteiger partial charge in [0.25, 0.3) is 5.91 Å². The molecule has 0 aliphatic rings. The maximum Gasteiger partial charge on any atom is 0.252 e. The van der Waals surface area contributed by atoms with Gasteiger partial charge in [0.2, 0.25) is 0 Å². The summed E-state index contributed by atoms with van der Waals surface area (Å²) in [4.78, 5) is 14.0. The number of halogens is 1. The average molecular weight is 437 g/mol. The van der Waals surface area contributed by atoms with Crippen LogP contribution in [0.25, 0.3) is 0 Å². The Hall–Kier alpha value is -3.45. The van der Waals surface area contributed by atoms with Gasteiger partial charge in [0, 0.05) is 10.4 Å². The average Bonchev–Trinajstić information content (AvgIpc) is 3.42. The van der Waals surface area contributed by atoms with E-state index in [1.807, 2.05) is 31.4 Å². The van der Waals surface area contributed by atoms with Crippen molar-refractivity contribution in [2.45, 2.75) is 26.5 Å². The van der Waals surface area contributed by atoms with Gasteiger partial charge < -0.3 is 14.6 Å². The largest absolute Gasteiger partial charge is 0.489 e. The standard InChI is InChI=1S/C24H21FN2O3S/c1-15-21(16(2)30-27-15)14-29-20-6-3-5-18(13-20)24(28)26-23(22-7-4-12-31-22)17-8-10-19(25)11-9-17/h3-13,23H,14H2,1-2H3,(H,26,28). The van der Waals surface area contributed by atoms with E-state index in [0.29, 0.717) is 23.7 Å². The van der Waals surface area contributed by atoms with Gasteiger partial charge in [-0.15, -0.1) is 11.3 Å². The third kappa shape index (κ3) is 4.83. The van der Waals surface area contributed by atoms with Crippen molar-refractivity contribution in [1.29, 1.82) is 0 Å². The smallest absolute Gasteiger partial charge is 0.252 e. The summed E-state index contributed by atoms with van der Waals surface area (Å²) >= 11 is 1.53. The lowest BCUT2D eigenvalue weighted by molar-refractivity contribution is 0.0943. The van der Waals surface area contributed by atoms with Crippen LogP contribution in [-0.2, 0) is 6.61 Å². The van der Waals surface area contributed by atoms with E-state index in [-0.39, 0.29) is 17.8 Å². The minimum atomic E-state index is -0.375. The molecule has 158 valence electrons. The van der Waals surface area contributed by atoms with Gasteiger partial charge in [0.15, 0.2) is 0 Å². The minimum absolute atomic E-state index is 0.245. The van der Waals surface area contributed by atoms with E-state index in [0.717, 1.165) is 21.7 Å². The molecule has 31 heavy (non-hydrogen) atoms. The third-order valence-corrected chi connectivity index (χ3v) is 5.90. The molecule has 0 aliphatic carbocycles. The zero-order valence-corrected chi connectivity index (χ0v) is 17.9. The van der Waals surface area contributed by atoms with Crippen LogP contribution in [0.15, 0.2) is 70.6 Å². The summed E-state index contributed by atoms with van der Waals surface area (Å²) < 4.78 is 24.4. The number of benzene rings is 2. The van der Waals surface area contributed by atoms with E-state index in [4.69, 9.17) is 9.26 Å². The Bertz CT molecular complexity index is 1150. The van der Waals surface area contributed by atoms with E-state index in [9.17, 15) is 9.18 Å².